The molecule has 0 amide bonds. The van der Waals surface area contributed by atoms with Gasteiger partial charge in [-0.05, 0) is 43.7 Å². The number of nitrogens with zero attached hydrogens (tertiary/aromatic N) is 1. The minimum Gasteiger partial charge on any atom is -0.394 e. The summed E-state index contributed by atoms with van der Waals surface area (Å²) in [6, 6.07) is 6.60. The first-order chi connectivity index (χ1) is 8.10. The van der Waals surface area contributed by atoms with Crippen LogP contribution in [0.2, 0.25) is 0 Å². The van der Waals surface area contributed by atoms with E-state index in [9.17, 15) is 0 Å². The number of anilines is 1. The van der Waals surface area contributed by atoms with Gasteiger partial charge >= 0.3 is 0 Å². The molecule has 1 unspecified atom stereocenters. The third-order valence-electron chi connectivity index (χ3n) is 3.22. The highest BCUT2D eigenvalue weighted by Crippen LogP contribution is 2.19. The molecule has 96 valence electrons. The molecule has 0 fully saturated rings. The van der Waals surface area contributed by atoms with Crippen molar-refractivity contribution in [3.8, 4) is 0 Å². The second-order valence-corrected chi connectivity index (χ2v) is 4.53. The maximum absolute atomic E-state index is 9.15. The molecular weight excluding hydrogens is 212 g/mol. The van der Waals surface area contributed by atoms with Gasteiger partial charge in [0.15, 0.2) is 0 Å². The van der Waals surface area contributed by atoms with E-state index in [1.165, 1.54) is 11.1 Å². The summed E-state index contributed by atoms with van der Waals surface area (Å²) < 4.78 is 0. The third kappa shape index (κ3) is 3.72. The van der Waals surface area contributed by atoms with Gasteiger partial charge in [-0.1, -0.05) is 13.0 Å². The van der Waals surface area contributed by atoms with E-state index in [2.05, 4.69) is 42.3 Å². The highest BCUT2D eigenvalue weighted by molar-refractivity contribution is 5.51. The molecule has 0 aromatic heterocycles. The van der Waals surface area contributed by atoms with E-state index in [4.69, 9.17) is 5.11 Å². The predicted molar refractivity (Wildman–Crippen MR) is 73.5 cm³/mol. The van der Waals surface area contributed by atoms with Gasteiger partial charge in [-0.15, -0.1) is 0 Å². The number of hydrogen-bond acceptors (Lipinski definition) is 3. The van der Waals surface area contributed by atoms with Crippen LogP contribution in [-0.4, -0.2) is 31.3 Å². The van der Waals surface area contributed by atoms with E-state index in [0.717, 1.165) is 18.8 Å². The number of nitrogens with one attached hydrogen (secondary N) is 1. The Hall–Kier alpha value is -1.06. The van der Waals surface area contributed by atoms with Crippen LogP contribution in [0.15, 0.2) is 18.2 Å². The van der Waals surface area contributed by atoms with Crippen LogP contribution in [0.1, 0.15) is 25.0 Å². The first-order valence-electron chi connectivity index (χ1n) is 6.24. The number of aliphatic hydroxyl groups excluding tert-OH is 1. The second kappa shape index (κ2) is 6.62. The molecular formula is C14H24N2O. The molecule has 3 heteroatoms. The van der Waals surface area contributed by atoms with Crippen LogP contribution in [0, 0.1) is 6.92 Å². The topological polar surface area (TPSA) is 35.5 Å². The van der Waals surface area contributed by atoms with Gasteiger partial charge in [0, 0.05) is 25.3 Å². The van der Waals surface area contributed by atoms with E-state index in [1.54, 1.807) is 0 Å². The summed E-state index contributed by atoms with van der Waals surface area (Å²) in [7, 11) is 2.01. The van der Waals surface area contributed by atoms with Gasteiger partial charge in [0.05, 0.1) is 6.61 Å². The Bertz CT molecular complexity index is 352. The monoisotopic (exact) mass is 236 g/mol. The molecule has 0 bridgehead atoms. The van der Waals surface area contributed by atoms with Crippen LogP contribution in [0.25, 0.3) is 0 Å². The second-order valence-electron chi connectivity index (χ2n) is 4.53. The van der Waals surface area contributed by atoms with Crippen LogP contribution in [0.5, 0.6) is 0 Å². The Morgan fingerprint density at radius 1 is 1.41 bits per heavy atom. The van der Waals surface area contributed by atoms with Gasteiger partial charge < -0.3 is 15.3 Å². The number of hydrogen-bond donors (Lipinski definition) is 2. The standard InChI is InChI=1S/C14H24N2O/c1-5-15-9-13-6-7-14(8-11(13)2)16(4)12(3)10-17/h6-8,12,15,17H,5,9-10H2,1-4H3. The van der Waals surface area contributed by atoms with Crippen molar-refractivity contribution >= 4 is 5.69 Å². The lowest BCUT2D eigenvalue weighted by Crippen LogP contribution is -2.31. The van der Waals surface area contributed by atoms with Gasteiger partial charge in [0.2, 0.25) is 0 Å². The van der Waals surface area contributed by atoms with Crippen LogP contribution >= 0.6 is 0 Å². The Morgan fingerprint density at radius 3 is 2.65 bits per heavy atom. The normalized spacial score (nSPS) is 12.5. The van der Waals surface area contributed by atoms with E-state index in [1.807, 2.05) is 14.0 Å². The van der Waals surface area contributed by atoms with E-state index in [0.29, 0.717) is 0 Å². The molecule has 1 aromatic carbocycles. The average molecular weight is 236 g/mol. The molecule has 0 aliphatic heterocycles. The Morgan fingerprint density at radius 2 is 2.12 bits per heavy atom. The maximum Gasteiger partial charge on any atom is 0.0632 e. The molecule has 1 atom stereocenters. The van der Waals surface area contributed by atoms with Gasteiger partial charge in [-0.2, -0.15) is 0 Å². The van der Waals surface area contributed by atoms with Crippen LogP contribution in [0.3, 0.4) is 0 Å². The molecule has 0 aliphatic rings. The maximum atomic E-state index is 9.15. The third-order valence-corrected chi connectivity index (χ3v) is 3.22. The summed E-state index contributed by atoms with van der Waals surface area (Å²) in [4.78, 5) is 2.10. The SMILES string of the molecule is CCNCc1ccc(N(C)C(C)CO)cc1C. The highest BCUT2D eigenvalue weighted by Gasteiger charge is 2.09. The lowest BCUT2D eigenvalue weighted by atomic mass is 10.1. The molecule has 1 rings (SSSR count). The number of benzene rings is 1. The van der Waals surface area contributed by atoms with Crippen LogP contribution < -0.4 is 10.2 Å². The van der Waals surface area contributed by atoms with Gasteiger partial charge in [0.1, 0.15) is 0 Å². The molecule has 1 aromatic rings. The Kier molecular flexibility index (Phi) is 5.45. The van der Waals surface area contributed by atoms with E-state index < -0.39 is 0 Å². The number of aryl methyl sites for hydroxylation is 1. The predicted octanol–water partition coefficient (Wildman–Crippen LogP) is 1.92. The molecule has 2 N–H and O–H groups in total. The number of likely N-dealkylation sites (N-methyl/N-ethyl adjacent to an activating group) is 1. The van der Waals surface area contributed by atoms with E-state index in [-0.39, 0.29) is 12.6 Å². The van der Waals surface area contributed by atoms with Crippen molar-refractivity contribution in [1.82, 2.24) is 5.32 Å². The first kappa shape index (κ1) is 14.0. The zero-order valence-electron chi connectivity index (χ0n) is 11.3. The minimum absolute atomic E-state index is 0.147. The smallest absolute Gasteiger partial charge is 0.0632 e. The molecule has 3 nitrogen and oxygen atoms in total. The van der Waals surface area contributed by atoms with Crippen molar-refractivity contribution in [1.29, 1.82) is 0 Å². The van der Waals surface area contributed by atoms with Crippen molar-refractivity contribution in [2.24, 2.45) is 0 Å². The molecule has 17 heavy (non-hydrogen) atoms. The Labute approximate surface area is 104 Å². The fraction of sp³-hybridized carbons (Fsp3) is 0.571. The highest BCUT2D eigenvalue weighted by atomic mass is 16.3. The molecule has 0 saturated carbocycles. The first-order valence-corrected chi connectivity index (χ1v) is 6.24. The summed E-state index contributed by atoms with van der Waals surface area (Å²) in [5, 5.41) is 12.5. The fourth-order valence-electron chi connectivity index (χ4n) is 1.73. The van der Waals surface area contributed by atoms with E-state index >= 15 is 0 Å². The summed E-state index contributed by atoms with van der Waals surface area (Å²) in [6.07, 6.45) is 0. The summed E-state index contributed by atoms with van der Waals surface area (Å²) in [5.41, 5.74) is 3.78. The minimum atomic E-state index is 0.147. The Balaban J connectivity index is 2.80. The zero-order chi connectivity index (χ0) is 12.8. The summed E-state index contributed by atoms with van der Waals surface area (Å²) in [6.45, 7) is 8.34. The van der Waals surface area contributed by atoms with Gasteiger partial charge in [-0.25, -0.2) is 0 Å². The van der Waals surface area contributed by atoms with Crippen LogP contribution in [-0.2, 0) is 6.54 Å². The van der Waals surface area contributed by atoms with Gasteiger partial charge in [0.25, 0.3) is 0 Å². The quantitative estimate of drug-likeness (QED) is 0.792. The number of aliphatic hydroxyl groups is 1. The van der Waals surface area contributed by atoms with Crippen molar-refractivity contribution in [2.75, 3.05) is 25.1 Å². The summed E-state index contributed by atoms with van der Waals surface area (Å²) >= 11 is 0. The van der Waals surface area contributed by atoms with Crippen molar-refractivity contribution in [2.45, 2.75) is 33.4 Å². The average Bonchev–Trinajstić information content (AvgIpc) is 2.35. The lowest BCUT2D eigenvalue weighted by molar-refractivity contribution is 0.270. The molecule has 0 aliphatic carbocycles. The van der Waals surface area contributed by atoms with Crippen molar-refractivity contribution in [3.63, 3.8) is 0 Å². The van der Waals surface area contributed by atoms with Crippen molar-refractivity contribution in [3.05, 3.63) is 29.3 Å². The molecule has 0 heterocycles. The number of rotatable bonds is 6. The molecule has 0 spiro atoms. The zero-order valence-corrected chi connectivity index (χ0v) is 11.3. The molecule has 0 saturated heterocycles. The lowest BCUT2D eigenvalue weighted by Gasteiger charge is -2.26. The van der Waals surface area contributed by atoms with Crippen LogP contribution in [0.4, 0.5) is 5.69 Å². The fourth-order valence-corrected chi connectivity index (χ4v) is 1.73. The molecule has 0 radical (unpaired) electrons. The van der Waals surface area contributed by atoms with Gasteiger partial charge in [-0.3, -0.25) is 0 Å². The van der Waals surface area contributed by atoms with Crippen molar-refractivity contribution < 1.29 is 5.11 Å². The largest absolute Gasteiger partial charge is 0.394 e. The summed E-state index contributed by atoms with van der Waals surface area (Å²) in [5.74, 6) is 0.